The molecule has 1 aromatic heterocycles. The highest BCUT2D eigenvalue weighted by Gasteiger charge is 2.31. The van der Waals surface area contributed by atoms with Crippen LogP contribution in [0.1, 0.15) is 47.8 Å². The summed E-state index contributed by atoms with van der Waals surface area (Å²) < 4.78 is 5.13. The van der Waals surface area contributed by atoms with Gasteiger partial charge in [-0.2, -0.15) is 0 Å². The molecule has 0 aromatic carbocycles. The van der Waals surface area contributed by atoms with E-state index in [-0.39, 0.29) is 18.0 Å². The number of aromatic nitrogens is 1. The lowest BCUT2D eigenvalue weighted by molar-refractivity contribution is 0.0901. The van der Waals surface area contributed by atoms with E-state index in [1.54, 1.807) is 6.07 Å². The summed E-state index contributed by atoms with van der Waals surface area (Å²) in [5, 5.41) is 6.68. The summed E-state index contributed by atoms with van der Waals surface area (Å²) in [7, 11) is 0. The molecule has 2 saturated carbocycles. The molecule has 0 atom stereocenters. The molecular formula is C11H15N3O2. The molecule has 5 heteroatoms. The van der Waals surface area contributed by atoms with E-state index in [1.165, 1.54) is 0 Å². The largest absolute Gasteiger partial charge is 0.360 e. The number of nitrogens with two attached hydrogens (primary N) is 1. The highest BCUT2D eigenvalue weighted by molar-refractivity contribution is 5.92. The number of nitrogens with zero attached hydrogens (tertiary/aromatic N) is 1. The lowest BCUT2D eigenvalue weighted by atomic mass is 9.87. The van der Waals surface area contributed by atoms with E-state index in [1.807, 2.05) is 0 Å². The molecule has 2 aliphatic rings. The van der Waals surface area contributed by atoms with E-state index in [0.29, 0.717) is 11.6 Å². The van der Waals surface area contributed by atoms with Crippen molar-refractivity contribution >= 4 is 5.91 Å². The average Bonchev–Trinajstić information content (AvgIpc) is 2.94. The number of nitrogens with one attached hydrogen (secondary N) is 1. The van der Waals surface area contributed by atoms with Gasteiger partial charge in [0.15, 0.2) is 5.69 Å². The third-order valence-corrected chi connectivity index (χ3v) is 3.25. The highest BCUT2D eigenvalue weighted by atomic mass is 16.5. The van der Waals surface area contributed by atoms with Gasteiger partial charge in [0, 0.05) is 24.1 Å². The highest BCUT2D eigenvalue weighted by Crippen LogP contribution is 2.40. The van der Waals surface area contributed by atoms with Crippen LogP contribution in [-0.4, -0.2) is 23.1 Å². The Labute approximate surface area is 93.4 Å². The van der Waals surface area contributed by atoms with Crippen LogP contribution in [0.15, 0.2) is 10.6 Å². The summed E-state index contributed by atoms with van der Waals surface area (Å²) in [6.45, 7) is 0. The molecule has 5 nitrogen and oxygen atoms in total. The summed E-state index contributed by atoms with van der Waals surface area (Å²) in [5.74, 6) is 1.19. The van der Waals surface area contributed by atoms with Gasteiger partial charge in [-0.25, -0.2) is 0 Å². The molecule has 86 valence electrons. The van der Waals surface area contributed by atoms with Gasteiger partial charge in [0.1, 0.15) is 5.76 Å². The molecule has 0 spiro atoms. The molecule has 3 N–H and O–H groups in total. The lowest BCUT2D eigenvalue weighted by Gasteiger charge is -2.32. The van der Waals surface area contributed by atoms with Crippen molar-refractivity contribution in [3.63, 3.8) is 0 Å². The molecule has 0 unspecified atom stereocenters. The van der Waals surface area contributed by atoms with Gasteiger partial charge in [-0.3, -0.25) is 4.79 Å². The molecule has 2 aliphatic carbocycles. The Bertz CT molecular complexity index is 405. The van der Waals surface area contributed by atoms with Crippen LogP contribution in [0.2, 0.25) is 0 Å². The standard InChI is InChI=1S/C11H15N3O2/c12-7-3-8(4-7)13-11(15)9-5-10(16-14-9)6-1-2-6/h5-8H,1-4,12H2,(H,13,15)/t7-,8-. The molecule has 1 aromatic rings. The second-order valence-corrected chi connectivity index (χ2v) is 4.79. The van der Waals surface area contributed by atoms with Gasteiger partial charge in [0.2, 0.25) is 0 Å². The molecule has 1 amide bonds. The molecule has 1 heterocycles. The molecule has 16 heavy (non-hydrogen) atoms. The van der Waals surface area contributed by atoms with Crippen molar-refractivity contribution in [1.29, 1.82) is 0 Å². The van der Waals surface area contributed by atoms with Crippen LogP contribution in [0, 0.1) is 0 Å². The average molecular weight is 221 g/mol. The molecule has 2 fully saturated rings. The quantitative estimate of drug-likeness (QED) is 0.790. The fraction of sp³-hybridized carbons (Fsp3) is 0.636. The van der Waals surface area contributed by atoms with Crippen LogP contribution >= 0.6 is 0 Å². The fourth-order valence-corrected chi connectivity index (χ4v) is 2.00. The van der Waals surface area contributed by atoms with Crippen LogP contribution in [0.5, 0.6) is 0 Å². The van der Waals surface area contributed by atoms with E-state index in [0.717, 1.165) is 31.4 Å². The number of carbonyl (C=O) groups excluding carboxylic acids is 1. The van der Waals surface area contributed by atoms with Gasteiger partial charge < -0.3 is 15.6 Å². The maximum atomic E-state index is 11.7. The molecular weight excluding hydrogens is 206 g/mol. The first-order valence-electron chi connectivity index (χ1n) is 5.75. The minimum atomic E-state index is -0.146. The van der Waals surface area contributed by atoms with Gasteiger partial charge in [-0.05, 0) is 25.7 Å². The van der Waals surface area contributed by atoms with E-state index >= 15 is 0 Å². The second-order valence-electron chi connectivity index (χ2n) is 4.79. The Kier molecular flexibility index (Phi) is 2.21. The Hall–Kier alpha value is -1.36. The third kappa shape index (κ3) is 1.82. The Morgan fingerprint density at radius 3 is 2.88 bits per heavy atom. The predicted molar refractivity (Wildman–Crippen MR) is 56.9 cm³/mol. The fourth-order valence-electron chi connectivity index (χ4n) is 2.00. The third-order valence-electron chi connectivity index (χ3n) is 3.25. The molecule has 0 radical (unpaired) electrons. The van der Waals surface area contributed by atoms with Gasteiger partial charge in [0.25, 0.3) is 5.91 Å². The van der Waals surface area contributed by atoms with Crippen LogP contribution in [0.25, 0.3) is 0 Å². The van der Waals surface area contributed by atoms with Crippen molar-refractivity contribution in [2.24, 2.45) is 5.73 Å². The summed E-state index contributed by atoms with van der Waals surface area (Å²) in [5.41, 5.74) is 6.04. The lowest BCUT2D eigenvalue weighted by Crippen LogP contribution is -2.50. The number of carbonyl (C=O) groups is 1. The first kappa shape index (κ1) is 9.84. The minimum Gasteiger partial charge on any atom is -0.360 e. The zero-order chi connectivity index (χ0) is 11.1. The molecule has 0 bridgehead atoms. The van der Waals surface area contributed by atoms with Crippen molar-refractivity contribution in [2.75, 3.05) is 0 Å². The topological polar surface area (TPSA) is 81.1 Å². The van der Waals surface area contributed by atoms with Crippen molar-refractivity contribution in [3.8, 4) is 0 Å². The number of rotatable bonds is 3. The predicted octanol–water partition coefficient (Wildman–Crippen LogP) is 0.771. The van der Waals surface area contributed by atoms with Gasteiger partial charge in [-0.15, -0.1) is 0 Å². The summed E-state index contributed by atoms with van der Waals surface area (Å²) in [6, 6.07) is 2.21. The molecule has 0 aliphatic heterocycles. The van der Waals surface area contributed by atoms with Crippen LogP contribution < -0.4 is 11.1 Å². The summed E-state index contributed by atoms with van der Waals surface area (Å²) >= 11 is 0. The van der Waals surface area contributed by atoms with Crippen LogP contribution in [0.4, 0.5) is 0 Å². The Morgan fingerprint density at radius 1 is 1.50 bits per heavy atom. The van der Waals surface area contributed by atoms with Crippen LogP contribution in [0.3, 0.4) is 0 Å². The minimum absolute atomic E-state index is 0.146. The molecule has 3 rings (SSSR count). The number of amides is 1. The SMILES string of the molecule is N[C@H]1C[C@H](NC(=O)c2cc(C3CC3)on2)C1. The number of hydrogen-bond acceptors (Lipinski definition) is 4. The van der Waals surface area contributed by atoms with Crippen molar-refractivity contribution in [1.82, 2.24) is 10.5 Å². The van der Waals surface area contributed by atoms with Crippen molar-refractivity contribution in [2.45, 2.75) is 43.7 Å². The van der Waals surface area contributed by atoms with Crippen molar-refractivity contribution in [3.05, 3.63) is 17.5 Å². The van der Waals surface area contributed by atoms with Crippen LogP contribution in [-0.2, 0) is 0 Å². The smallest absolute Gasteiger partial charge is 0.273 e. The van der Waals surface area contributed by atoms with E-state index in [9.17, 15) is 4.79 Å². The van der Waals surface area contributed by atoms with E-state index < -0.39 is 0 Å². The maximum absolute atomic E-state index is 11.7. The number of hydrogen-bond donors (Lipinski definition) is 2. The van der Waals surface area contributed by atoms with Gasteiger partial charge in [-0.1, -0.05) is 5.16 Å². The monoisotopic (exact) mass is 221 g/mol. The normalized spacial score (nSPS) is 28.6. The summed E-state index contributed by atoms with van der Waals surface area (Å²) in [6.07, 6.45) is 4.01. The maximum Gasteiger partial charge on any atom is 0.273 e. The zero-order valence-electron chi connectivity index (χ0n) is 8.98. The Morgan fingerprint density at radius 2 is 2.25 bits per heavy atom. The molecule has 0 saturated heterocycles. The van der Waals surface area contributed by atoms with E-state index in [4.69, 9.17) is 10.3 Å². The van der Waals surface area contributed by atoms with E-state index in [2.05, 4.69) is 10.5 Å². The second kappa shape index (κ2) is 3.59. The first-order chi connectivity index (χ1) is 7.72. The van der Waals surface area contributed by atoms with Gasteiger partial charge in [0.05, 0.1) is 0 Å². The zero-order valence-corrected chi connectivity index (χ0v) is 8.98. The Balaban J connectivity index is 1.60. The van der Waals surface area contributed by atoms with Gasteiger partial charge >= 0.3 is 0 Å². The first-order valence-corrected chi connectivity index (χ1v) is 5.75. The summed E-state index contributed by atoms with van der Waals surface area (Å²) in [4.78, 5) is 11.7. The van der Waals surface area contributed by atoms with Crippen molar-refractivity contribution < 1.29 is 9.32 Å².